The Morgan fingerprint density at radius 1 is 1.19 bits per heavy atom. The molecule has 21 heavy (non-hydrogen) atoms. The van der Waals surface area contributed by atoms with Crippen LogP contribution < -0.4 is 10.6 Å². The smallest absolute Gasteiger partial charge is 0.241 e. The number of anilines is 1. The van der Waals surface area contributed by atoms with Crippen molar-refractivity contribution < 1.29 is 9.53 Å². The molecule has 2 atom stereocenters. The number of carbonyl (C=O) groups is 1. The number of hydrogen-bond donors (Lipinski definition) is 2. The first-order valence-corrected chi connectivity index (χ1v) is 7.40. The Bertz CT molecular complexity index is 449. The van der Waals surface area contributed by atoms with Crippen molar-refractivity contribution in [2.45, 2.75) is 52.1 Å². The number of benzene rings is 1. The highest BCUT2D eigenvalue weighted by atomic mass is 16.5. The standard InChI is InChI=1S/C17H28N2O2/c1-12(11-21-6)18-13(2)16(20)19-15-9-7-14(8-10-15)17(3,4)5/h7-10,12-13,18H,11H2,1-6H3,(H,19,20). The molecule has 0 bridgehead atoms. The van der Waals surface area contributed by atoms with Crippen molar-refractivity contribution in [2.24, 2.45) is 0 Å². The molecule has 4 nitrogen and oxygen atoms in total. The summed E-state index contributed by atoms with van der Waals surface area (Å²) in [7, 11) is 1.65. The average molecular weight is 292 g/mol. The lowest BCUT2D eigenvalue weighted by molar-refractivity contribution is -0.118. The molecule has 0 heterocycles. The van der Waals surface area contributed by atoms with Gasteiger partial charge in [0.15, 0.2) is 0 Å². The molecule has 118 valence electrons. The summed E-state index contributed by atoms with van der Waals surface area (Å²) in [5.74, 6) is -0.0403. The number of rotatable bonds is 6. The largest absolute Gasteiger partial charge is 0.383 e. The molecule has 1 amide bonds. The van der Waals surface area contributed by atoms with Gasteiger partial charge in [-0.2, -0.15) is 0 Å². The van der Waals surface area contributed by atoms with Gasteiger partial charge in [-0.1, -0.05) is 32.9 Å². The van der Waals surface area contributed by atoms with E-state index in [0.717, 1.165) is 5.69 Å². The quantitative estimate of drug-likeness (QED) is 0.847. The Morgan fingerprint density at radius 3 is 2.24 bits per heavy atom. The van der Waals surface area contributed by atoms with Crippen molar-refractivity contribution >= 4 is 11.6 Å². The summed E-state index contributed by atoms with van der Waals surface area (Å²) in [6.45, 7) is 10.9. The number of ether oxygens (including phenoxy) is 1. The molecule has 0 saturated carbocycles. The van der Waals surface area contributed by atoms with E-state index in [9.17, 15) is 4.79 Å². The Labute approximate surface area is 128 Å². The summed E-state index contributed by atoms with van der Waals surface area (Å²) in [5, 5.41) is 6.12. The van der Waals surface area contributed by atoms with Gasteiger partial charge in [0.1, 0.15) is 0 Å². The molecule has 2 unspecified atom stereocenters. The molecule has 0 aliphatic carbocycles. The van der Waals surface area contributed by atoms with Crippen LogP contribution in [-0.2, 0) is 14.9 Å². The molecular weight excluding hydrogens is 264 g/mol. The minimum absolute atomic E-state index is 0.0403. The van der Waals surface area contributed by atoms with Gasteiger partial charge >= 0.3 is 0 Å². The number of carbonyl (C=O) groups excluding carboxylic acids is 1. The molecule has 1 aromatic carbocycles. The second-order valence-corrected chi connectivity index (χ2v) is 6.56. The van der Waals surface area contributed by atoms with E-state index in [2.05, 4.69) is 43.5 Å². The Balaban J connectivity index is 2.58. The maximum atomic E-state index is 12.1. The molecule has 2 N–H and O–H groups in total. The summed E-state index contributed by atoms with van der Waals surface area (Å²) in [6, 6.07) is 7.88. The van der Waals surface area contributed by atoms with Crippen LogP contribution in [0.4, 0.5) is 5.69 Å². The van der Waals surface area contributed by atoms with Crippen LogP contribution in [0.1, 0.15) is 40.2 Å². The van der Waals surface area contributed by atoms with Crippen LogP contribution in [0.5, 0.6) is 0 Å². The van der Waals surface area contributed by atoms with Gasteiger partial charge in [-0.15, -0.1) is 0 Å². The summed E-state index contributed by atoms with van der Waals surface area (Å²) >= 11 is 0. The zero-order chi connectivity index (χ0) is 16.0. The first kappa shape index (κ1) is 17.7. The molecule has 0 fully saturated rings. The predicted octanol–water partition coefficient (Wildman–Crippen LogP) is 2.94. The zero-order valence-corrected chi connectivity index (χ0v) is 14.0. The summed E-state index contributed by atoms with van der Waals surface area (Å²) in [5.41, 5.74) is 2.19. The monoisotopic (exact) mass is 292 g/mol. The lowest BCUT2D eigenvalue weighted by Gasteiger charge is -2.20. The van der Waals surface area contributed by atoms with Crippen molar-refractivity contribution in [1.82, 2.24) is 5.32 Å². The van der Waals surface area contributed by atoms with Gasteiger partial charge in [-0.25, -0.2) is 0 Å². The highest BCUT2D eigenvalue weighted by molar-refractivity contribution is 5.94. The normalized spacial score (nSPS) is 14.6. The molecule has 0 saturated heterocycles. The van der Waals surface area contributed by atoms with Crippen LogP contribution >= 0.6 is 0 Å². The summed E-state index contributed by atoms with van der Waals surface area (Å²) in [4.78, 5) is 12.1. The second-order valence-electron chi connectivity index (χ2n) is 6.56. The van der Waals surface area contributed by atoms with Crippen LogP contribution in [0.2, 0.25) is 0 Å². The summed E-state index contributed by atoms with van der Waals surface area (Å²) in [6.07, 6.45) is 0. The highest BCUT2D eigenvalue weighted by Gasteiger charge is 2.16. The number of hydrogen-bond acceptors (Lipinski definition) is 3. The van der Waals surface area contributed by atoms with Crippen molar-refractivity contribution in [3.8, 4) is 0 Å². The SMILES string of the molecule is COCC(C)NC(C)C(=O)Nc1ccc(C(C)(C)C)cc1. The van der Waals surface area contributed by atoms with Crippen molar-refractivity contribution in [2.75, 3.05) is 19.0 Å². The highest BCUT2D eigenvalue weighted by Crippen LogP contribution is 2.23. The first-order chi connectivity index (χ1) is 9.74. The molecule has 4 heteroatoms. The van der Waals surface area contributed by atoms with Crippen molar-refractivity contribution in [3.63, 3.8) is 0 Å². The van der Waals surface area contributed by atoms with Gasteiger partial charge in [-0.3, -0.25) is 4.79 Å². The molecule has 1 rings (SSSR count). The predicted molar refractivity (Wildman–Crippen MR) is 87.7 cm³/mol. The number of methoxy groups -OCH3 is 1. The third-order valence-electron chi connectivity index (χ3n) is 3.36. The second kappa shape index (κ2) is 7.57. The average Bonchev–Trinajstić information content (AvgIpc) is 2.38. The van der Waals surface area contributed by atoms with Crippen LogP contribution in [0, 0.1) is 0 Å². The van der Waals surface area contributed by atoms with Gasteiger partial charge in [0.2, 0.25) is 5.91 Å². The van der Waals surface area contributed by atoms with E-state index in [1.54, 1.807) is 7.11 Å². The topological polar surface area (TPSA) is 50.4 Å². The van der Waals surface area contributed by atoms with Crippen LogP contribution in [-0.4, -0.2) is 31.7 Å². The van der Waals surface area contributed by atoms with Crippen LogP contribution in [0.25, 0.3) is 0 Å². The van der Waals surface area contributed by atoms with Gasteiger partial charge in [0.25, 0.3) is 0 Å². The molecule has 0 aliphatic rings. The van der Waals surface area contributed by atoms with E-state index in [1.807, 2.05) is 26.0 Å². The lowest BCUT2D eigenvalue weighted by atomic mass is 9.87. The first-order valence-electron chi connectivity index (χ1n) is 7.40. The summed E-state index contributed by atoms with van der Waals surface area (Å²) < 4.78 is 5.05. The molecular formula is C17H28N2O2. The van der Waals surface area contributed by atoms with E-state index in [0.29, 0.717) is 6.61 Å². The maximum absolute atomic E-state index is 12.1. The molecule has 1 aromatic rings. The number of nitrogens with one attached hydrogen (secondary N) is 2. The molecule has 0 aliphatic heterocycles. The maximum Gasteiger partial charge on any atom is 0.241 e. The van der Waals surface area contributed by atoms with Crippen LogP contribution in [0.15, 0.2) is 24.3 Å². The van der Waals surface area contributed by atoms with E-state index < -0.39 is 0 Å². The lowest BCUT2D eigenvalue weighted by Crippen LogP contribution is -2.44. The van der Waals surface area contributed by atoms with E-state index in [4.69, 9.17) is 4.74 Å². The fraction of sp³-hybridized carbons (Fsp3) is 0.588. The fourth-order valence-corrected chi connectivity index (χ4v) is 2.10. The third-order valence-corrected chi connectivity index (χ3v) is 3.36. The zero-order valence-electron chi connectivity index (χ0n) is 14.0. The van der Waals surface area contributed by atoms with E-state index >= 15 is 0 Å². The molecule has 0 aromatic heterocycles. The van der Waals surface area contributed by atoms with Crippen molar-refractivity contribution in [3.05, 3.63) is 29.8 Å². The Morgan fingerprint density at radius 2 is 1.76 bits per heavy atom. The fourth-order valence-electron chi connectivity index (χ4n) is 2.10. The van der Waals surface area contributed by atoms with Gasteiger partial charge in [0, 0.05) is 18.8 Å². The van der Waals surface area contributed by atoms with Gasteiger partial charge < -0.3 is 15.4 Å². The Hall–Kier alpha value is -1.39. The van der Waals surface area contributed by atoms with Gasteiger partial charge in [-0.05, 0) is 37.0 Å². The van der Waals surface area contributed by atoms with Gasteiger partial charge in [0.05, 0.1) is 12.6 Å². The minimum atomic E-state index is -0.266. The molecule has 0 radical (unpaired) electrons. The van der Waals surface area contributed by atoms with E-state index in [1.165, 1.54) is 5.56 Å². The molecule has 0 spiro atoms. The van der Waals surface area contributed by atoms with E-state index in [-0.39, 0.29) is 23.4 Å². The third kappa shape index (κ3) is 5.86. The Kier molecular flexibility index (Phi) is 6.37. The minimum Gasteiger partial charge on any atom is -0.383 e. The van der Waals surface area contributed by atoms with Crippen molar-refractivity contribution in [1.29, 1.82) is 0 Å². The van der Waals surface area contributed by atoms with Crippen LogP contribution in [0.3, 0.4) is 0 Å². The number of amides is 1.